The molecule has 0 spiro atoms. The Morgan fingerprint density at radius 1 is 1.22 bits per heavy atom. The molecule has 4 nitrogen and oxygen atoms in total. The second-order valence-corrected chi connectivity index (χ2v) is 5.10. The van der Waals surface area contributed by atoms with E-state index in [9.17, 15) is 4.39 Å². The van der Waals surface area contributed by atoms with Gasteiger partial charge < -0.3 is 10.1 Å². The number of thiocarbonyl (C=S) groups is 1. The number of hydrazine groups is 1. The Morgan fingerprint density at radius 2 is 1.96 bits per heavy atom. The fraction of sp³-hybridized carbons (Fsp3) is 0.176. The molecule has 0 saturated heterocycles. The molecule has 0 aliphatic carbocycles. The molecule has 0 radical (unpaired) electrons. The molecule has 0 unspecified atom stereocenters. The van der Waals surface area contributed by atoms with E-state index in [0.717, 1.165) is 12.1 Å². The van der Waals surface area contributed by atoms with Crippen LogP contribution in [0.4, 0.5) is 4.39 Å². The molecule has 0 aliphatic rings. The molecule has 2 aromatic carbocycles. The van der Waals surface area contributed by atoms with Gasteiger partial charge in [0, 0.05) is 12.1 Å². The molecule has 0 fully saturated rings. The molecule has 120 valence electrons. The van der Waals surface area contributed by atoms with Crippen LogP contribution in [0.15, 0.2) is 48.5 Å². The maximum Gasteiger partial charge on any atom is 0.223 e. The minimum Gasteiger partial charge on any atom is -0.488 e. The van der Waals surface area contributed by atoms with E-state index in [1.165, 1.54) is 6.07 Å². The van der Waals surface area contributed by atoms with Gasteiger partial charge in [0.05, 0.1) is 5.56 Å². The molecule has 0 aliphatic heterocycles. The van der Waals surface area contributed by atoms with E-state index in [-0.39, 0.29) is 12.4 Å². The van der Waals surface area contributed by atoms with Crippen LogP contribution >= 0.6 is 12.2 Å². The summed E-state index contributed by atoms with van der Waals surface area (Å²) in [5.74, 6) is 0.379. The van der Waals surface area contributed by atoms with Gasteiger partial charge in [-0.05, 0) is 37.3 Å². The van der Waals surface area contributed by atoms with E-state index in [0.29, 0.717) is 16.4 Å². The summed E-state index contributed by atoms with van der Waals surface area (Å²) >= 11 is 5.05. The summed E-state index contributed by atoms with van der Waals surface area (Å²) in [6, 6.07) is 14.0. The Labute approximate surface area is 140 Å². The SMILES string of the molecule is CCNC(=S)N[NH+]=Cc1ccccc1OCc1ccccc1F. The summed E-state index contributed by atoms with van der Waals surface area (Å²) < 4.78 is 19.3. The highest BCUT2D eigenvalue weighted by atomic mass is 32.1. The number of hydrazone groups is 1. The zero-order valence-electron chi connectivity index (χ0n) is 12.8. The number of benzene rings is 2. The predicted octanol–water partition coefficient (Wildman–Crippen LogP) is 1.30. The quantitative estimate of drug-likeness (QED) is 0.424. The summed E-state index contributed by atoms with van der Waals surface area (Å²) in [5, 5.41) is 6.38. The molecule has 2 rings (SSSR count). The number of halogens is 1. The normalized spacial score (nSPS) is 10.5. The first-order valence-corrected chi connectivity index (χ1v) is 7.69. The van der Waals surface area contributed by atoms with Gasteiger partial charge in [-0.3, -0.25) is 0 Å². The van der Waals surface area contributed by atoms with Gasteiger partial charge in [0.15, 0.2) is 0 Å². The smallest absolute Gasteiger partial charge is 0.223 e. The second-order valence-electron chi connectivity index (χ2n) is 4.69. The van der Waals surface area contributed by atoms with Crippen LogP contribution in [0, 0.1) is 5.82 Å². The van der Waals surface area contributed by atoms with E-state index >= 15 is 0 Å². The average molecular weight is 332 g/mol. The molecule has 0 bridgehead atoms. The lowest BCUT2D eigenvalue weighted by atomic mass is 10.2. The standard InChI is InChI=1S/C17H18FN3OS/c1-2-19-17(23)21-20-11-13-7-4-6-10-16(13)22-12-14-8-3-5-9-15(14)18/h3-11H,2,12H2,1H3,(H2,19,21,23)/p+1. The lowest BCUT2D eigenvalue weighted by Gasteiger charge is -2.08. The first kappa shape index (κ1) is 16.9. The minimum absolute atomic E-state index is 0.167. The Bertz CT molecular complexity index is 691. The Kier molecular flexibility index (Phi) is 6.50. The maximum absolute atomic E-state index is 13.6. The van der Waals surface area contributed by atoms with Gasteiger partial charge in [0.25, 0.3) is 0 Å². The van der Waals surface area contributed by atoms with Crippen molar-refractivity contribution in [3.05, 3.63) is 65.5 Å². The maximum atomic E-state index is 13.6. The molecular formula is C17H19FN3OS+. The van der Waals surface area contributed by atoms with Crippen molar-refractivity contribution in [1.82, 2.24) is 10.7 Å². The fourth-order valence-electron chi connectivity index (χ4n) is 1.89. The van der Waals surface area contributed by atoms with Crippen molar-refractivity contribution in [3.63, 3.8) is 0 Å². The Balaban J connectivity index is 2.01. The van der Waals surface area contributed by atoms with E-state index in [4.69, 9.17) is 17.0 Å². The van der Waals surface area contributed by atoms with Crippen LogP contribution < -0.4 is 20.6 Å². The lowest BCUT2D eigenvalue weighted by molar-refractivity contribution is -0.500. The number of ether oxygens (including phenoxy) is 1. The molecule has 0 heterocycles. The van der Waals surface area contributed by atoms with Gasteiger partial charge in [0.1, 0.15) is 18.2 Å². The van der Waals surface area contributed by atoms with Crippen molar-refractivity contribution in [2.24, 2.45) is 0 Å². The van der Waals surface area contributed by atoms with Crippen LogP contribution in [0.25, 0.3) is 0 Å². The molecule has 23 heavy (non-hydrogen) atoms. The molecule has 0 atom stereocenters. The van der Waals surface area contributed by atoms with Crippen molar-refractivity contribution < 1.29 is 14.2 Å². The Morgan fingerprint density at radius 3 is 2.74 bits per heavy atom. The van der Waals surface area contributed by atoms with Crippen LogP contribution in [0.5, 0.6) is 5.75 Å². The molecule has 0 saturated carbocycles. The van der Waals surface area contributed by atoms with E-state index in [1.807, 2.05) is 31.2 Å². The minimum atomic E-state index is -0.273. The summed E-state index contributed by atoms with van der Waals surface area (Å²) in [6.45, 7) is 2.88. The summed E-state index contributed by atoms with van der Waals surface area (Å²) in [6.07, 6.45) is 1.74. The van der Waals surface area contributed by atoms with Crippen LogP contribution in [0.1, 0.15) is 18.1 Å². The number of hydrogen-bond acceptors (Lipinski definition) is 2. The zero-order valence-corrected chi connectivity index (χ0v) is 13.6. The van der Waals surface area contributed by atoms with Crippen molar-refractivity contribution in [1.29, 1.82) is 0 Å². The number of rotatable bonds is 6. The van der Waals surface area contributed by atoms with Gasteiger partial charge in [-0.25, -0.2) is 4.39 Å². The zero-order chi connectivity index (χ0) is 16.5. The first-order valence-electron chi connectivity index (χ1n) is 7.28. The van der Waals surface area contributed by atoms with Crippen molar-refractivity contribution in [2.75, 3.05) is 6.54 Å². The highest BCUT2D eigenvalue weighted by molar-refractivity contribution is 7.80. The number of hydrogen-bond donors (Lipinski definition) is 3. The van der Waals surface area contributed by atoms with E-state index in [1.54, 1.807) is 24.4 Å². The predicted molar refractivity (Wildman–Crippen MR) is 92.7 cm³/mol. The monoisotopic (exact) mass is 332 g/mol. The molecule has 2 aromatic rings. The molecule has 0 aromatic heterocycles. The van der Waals surface area contributed by atoms with Crippen molar-refractivity contribution in [2.45, 2.75) is 13.5 Å². The third kappa shape index (κ3) is 5.34. The highest BCUT2D eigenvalue weighted by Gasteiger charge is 2.06. The summed E-state index contributed by atoms with van der Waals surface area (Å²) in [7, 11) is 0. The molecule has 3 N–H and O–H groups in total. The van der Waals surface area contributed by atoms with Gasteiger partial charge in [-0.2, -0.15) is 0 Å². The topological polar surface area (TPSA) is 47.3 Å². The third-order valence-corrected chi connectivity index (χ3v) is 3.26. The lowest BCUT2D eigenvalue weighted by Crippen LogP contribution is -2.82. The molecule has 0 amide bonds. The van der Waals surface area contributed by atoms with Gasteiger partial charge in [0.2, 0.25) is 11.3 Å². The van der Waals surface area contributed by atoms with Crippen LogP contribution in [-0.2, 0) is 6.61 Å². The molecule has 6 heteroatoms. The number of para-hydroxylation sites is 1. The van der Waals surface area contributed by atoms with Crippen LogP contribution in [-0.4, -0.2) is 17.9 Å². The second kappa shape index (κ2) is 8.85. The average Bonchev–Trinajstić information content (AvgIpc) is 2.55. The van der Waals surface area contributed by atoms with E-state index < -0.39 is 0 Å². The van der Waals surface area contributed by atoms with E-state index in [2.05, 4.69) is 15.8 Å². The van der Waals surface area contributed by atoms with Gasteiger partial charge >= 0.3 is 0 Å². The number of nitrogens with one attached hydrogen (secondary N) is 3. The highest BCUT2D eigenvalue weighted by Crippen LogP contribution is 2.17. The fourth-order valence-corrected chi connectivity index (χ4v) is 2.09. The van der Waals surface area contributed by atoms with Crippen molar-refractivity contribution in [3.8, 4) is 5.75 Å². The summed E-state index contributed by atoms with van der Waals surface area (Å²) in [5.41, 5.74) is 4.19. The van der Waals surface area contributed by atoms with Gasteiger partial charge in [-0.15, -0.1) is 10.5 Å². The Hall–Kier alpha value is -2.47. The van der Waals surface area contributed by atoms with Crippen LogP contribution in [0.2, 0.25) is 0 Å². The van der Waals surface area contributed by atoms with Gasteiger partial charge in [-0.1, -0.05) is 30.3 Å². The largest absolute Gasteiger partial charge is 0.488 e. The summed E-state index contributed by atoms with van der Waals surface area (Å²) in [4.78, 5) is 0. The van der Waals surface area contributed by atoms with Crippen molar-refractivity contribution >= 4 is 23.5 Å². The molecular weight excluding hydrogens is 313 g/mol. The first-order chi connectivity index (χ1) is 11.2. The third-order valence-electron chi connectivity index (χ3n) is 3.01. The van der Waals surface area contributed by atoms with Crippen LogP contribution in [0.3, 0.4) is 0 Å².